The third-order valence-electron chi connectivity index (χ3n) is 4.33. The predicted octanol–water partition coefficient (Wildman–Crippen LogP) is 2.93. The lowest BCUT2D eigenvalue weighted by molar-refractivity contribution is -0.384. The van der Waals surface area contributed by atoms with Gasteiger partial charge < -0.3 is 18.8 Å². The largest absolute Gasteiger partial charge is 0.463 e. The molecule has 0 radical (unpaired) electrons. The molecule has 27 heavy (non-hydrogen) atoms. The van der Waals surface area contributed by atoms with Gasteiger partial charge in [-0.2, -0.15) is 0 Å². The molecule has 3 rings (SSSR count). The molecular weight excluding hydrogens is 356 g/mol. The zero-order chi connectivity index (χ0) is 19.4. The molecule has 0 aliphatic carbocycles. The number of esters is 2. The van der Waals surface area contributed by atoms with Crippen LogP contribution in [0.2, 0.25) is 0 Å². The summed E-state index contributed by atoms with van der Waals surface area (Å²) in [4.78, 5) is 36.8. The number of ether oxygens (including phenoxy) is 2. The van der Waals surface area contributed by atoms with Crippen molar-refractivity contribution in [1.82, 2.24) is 0 Å². The van der Waals surface area contributed by atoms with Gasteiger partial charge in [-0.3, -0.25) is 10.1 Å². The smallest absolute Gasteiger partial charge is 0.374 e. The lowest BCUT2D eigenvalue weighted by Crippen LogP contribution is -2.21. The Balaban J connectivity index is 1.83. The number of nitro groups is 1. The fourth-order valence-electron chi connectivity index (χ4n) is 2.98. The number of rotatable bonds is 6. The first-order valence-electron chi connectivity index (χ1n) is 8.36. The van der Waals surface area contributed by atoms with Gasteiger partial charge >= 0.3 is 11.9 Å². The molecule has 1 aromatic heterocycles. The molecule has 0 amide bonds. The van der Waals surface area contributed by atoms with Crippen LogP contribution in [0.4, 0.5) is 11.4 Å². The third kappa shape index (κ3) is 3.91. The number of nitrogens with zero attached hydrogens (tertiary/aromatic N) is 2. The lowest BCUT2D eigenvalue weighted by Gasteiger charge is -2.20. The molecule has 142 valence electrons. The van der Waals surface area contributed by atoms with Gasteiger partial charge in [0.05, 0.1) is 29.5 Å². The number of carbonyl (C=O) groups excluding carboxylic acids is 2. The van der Waals surface area contributed by atoms with Crippen molar-refractivity contribution >= 4 is 23.3 Å². The minimum Gasteiger partial charge on any atom is -0.463 e. The van der Waals surface area contributed by atoms with E-state index in [1.807, 2.05) is 4.90 Å². The summed E-state index contributed by atoms with van der Waals surface area (Å²) in [5, 5.41) is 11.1. The average Bonchev–Trinajstić information content (AvgIpc) is 3.36. The first-order chi connectivity index (χ1) is 13.0. The van der Waals surface area contributed by atoms with Crippen molar-refractivity contribution in [2.24, 2.45) is 0 Å². The van der Waals surface area contributed by atoms with Crippen LogP contribution >= 0.6 is 0 Å². The zero-order valence-corrected chi connectivity index (χ0v) is 14.7. The molecule has 0 atom stereocenters. The number of carbonyl (C=O) groups is 2. The van der Waals surface area contributed by atoms with Gasteiger partial charge in [0.1, 0.15) is 6.61 Å². The van der Waals surface area contributed by atoms with E-state index in [2.05, 4.69) is 4.74 Å². The maximum Gasteiger partial charge on any atom is 0.374 e. The van der Waals surface area contributed by atoms with Crippen molar-refractivity contribution in [3.8, 4) is 0 Å². The third-order valence-corrected chi connectivity index (χ3v) is 4.33. The highest BCUT2D eigenvalue weighted by molar-refractivity contribution is 5.97. The van der Waals surface area contributed by atoms with Crippen molar-refractivity contribution in [2.75, 3.05) is 25.1 Å². The summed E-state index contributed by atoms with van der Waals surface area (Å²) >= 11 is 0. The summed E-state index contributed by atoms with van der Waals surface area (Å²) in [6, 6.07) is 5.65. The van der Waals surface area contributed by atoms with Crippen LogP contribution in [0.15, 0.2) is 34.9 Å². The quantitative estimate of drug-likeness (QED) is 0.431. The van der Waals surface area contributed by atoms with E-state index >= 15 is 0 Å². The van der Waals surface area contributed by atoms with E-state index in [4.69, 9.17) is 9.15 Å². The highest BCUT2D eigenvalue weighted by atomic mass is 16.6. The molecule has 1 saturated heterocycles. The molecule has 0 spiro atoms. The highest BCUT2D eigenvalue weighted by Gasteiger charge is 2.24. The summed E-state index contributed by atoms with van der Waals surface area (Å²) in [5.74, 6) is -1.44. The van der Waals surface area contributed by atoms with E-state index in [0.29, 0.717) is 11.3 Å². The number of furan rings is 1. The van der Waals surface area contributed by atoms with Gasteiger partial charge in [-0.25, -0.2) is 9.59 Å². The van der Waals surface area contributed by atoms with Gasteiger partial charge in [-0.1, -0.05) is 0 Å². The summed E-state index contributed by atoms with van der Waals surface area (Å²) in [5.41, 5.74) is 0.879. The predicted molar refractivity (Wildman–Crippen MR) is 93.7 cm³/mol. The van der Waals surface area contributed by atoms with Crippen molar-refractivity contribution in [3.63, 3.8) is 0 Å². The molecule has 0 unspecified atom stereocenters. The van der Waals surface area contributed by atoms with E-state index in [0.717, 1.165) is 25.9 Å². The van der Waals surface area contributed by atoms with Crippen molar-refractivity contribution in [3.05, 3.63) is 57.5 Å². The van der Waals surface area contributed by atoms with E-state index < -0.39 is 16.9 Å². The Bertz CT molecular complexity index is 868. The topological polar surface area (TPSA) is 112 Å². The Morgan fingerprint density at radius 2 is 1.96 bits per heavy atom. The number of methoxy groups -OCH3 is 1. The molecule has 0 bridgehead atoms. The standard InChI is InChI=1S/C18H18N2O7/c1-25-18(22)16-12(6-9-26-16)11-27-17(21)14-10-13(20(23)24)4-5-15(14)19-7-2-3-8-19/h4-6,9-10H,2-3,7-8,11H2,1H3. The Hall–Kier alpha value is -3.36. The minimum atomic E-state index is -0.711. The van der Waals surface area contributed by atoms with Crippen LogP contribution in [0.5, 0.6) is 0 Å². The van der Waals surface area contributed by atoms with Crippen LogP contribution < -0.4 is 4.90 Å². The molecule has 1 aliphatic heterocycles. The number of benzene rings is 1. The second-order valence-corrected chi connectivity index (χ2v) is 6.00. The van der Waals surface area contributed by atoms with Crippen LogP contribution in [-0.4, -0.2) is 37.1 Å². The fraction of sp³-hybridized carbons (Fsp3) is 0.333. The van der Waals surface area contributed by atoms with Crippen LogP contribution in [0.25, 0.3) is 0 Å². The average molecular weight is 374 g/mol. The Kier molecular flexibility index (Phi) is 5.39. The van der Waals surface area contributed by atoms with E-state index in [1.165, 1.54) is 31.6 Å². The molecule has 2 aromatic rings. The molecule has 0 N–H and O–H groups in total. The van der Waals surface area contributed by atoms with Crippen molar-refractivity contribution < 1.29 is 28.4 Å². The number of hydrogen-bond acceptors (Lipinski definition) is 8. The first-order valence-corrected chi connectivity index (χ1v) is 8.36. The van der Waals surface area contributed by atoms with E-state index in [1.54, 1.807) is 6.07 Å². The van der Waals surface area contributed by atoms with Crippen molar-refractivity contribution in [1.29, 1.82) is 0 Å². The van der Waals surface area contributed by atoms with Crippen LogP contribution in [-0.2, 0) is 16.1 Å². The monoisotopic (exact) mass is 374 g/mol. The molecular formula is C18H18N2O7. The van der Waals surface area contributed by atoms with E-state index in [9.17, 15) is 19.7 Å². The van der Waals surface area contributed by atoms with Crippen LogP contribution in [0.1, 0.15) is 39.3 Å². The normalized spacial score (nSPS) is 13.4. The number of hydrogen-bond donors (Lipinski definition) is 0. The summed E-state index contributed by atoms with van der Waals surface area (Å²) < 4.78 is 14.9. The van der Waals surface area contributed by atoms with E-state index in [-0.39, 0.29) is 23.6 Å². The van der Waals surface area contributed by atoms with Gasteiger partial charge in [0.25, 0.3) is 5.69 Å². The highest BCUT2D eigenvalue weighted by Crippen LogP contribution is 2.29. The lowest BCUT2D eigenvalue weighted by atomic mass is 10.1. The summed E-state index contributed by atoms with van der Waals surface area (Å²) in [6.45, 7) is 1.32. The Labute approximate surface area is 154 Å². The second kappa shape index (κ2) is 7.90. The zero-order valence-electron chi connectivity index (χ0n) is 14.7. The minimum absolute atomic E-state index is 0.0518. The van der Waals surface area contributed by atoms with Gasteiger partial charge in [-0.15, -0.1) is 0 Å². The van der Waals surface area contributed by atoms with Crippen molar-refractivity contribution in [2.45, 2.75) is 19.4 Å². The van der Waals surface area contributed by atoms with Crippen LogP contribution in [0, 0.1) is 10.1 Å². The SMILES string of the molecule is COC(=O)c1occc1COC(=O)c1cc([N+](=O)[O-])ccc1N1CCCC1. The molecule has 0 saturated carbocycles. The maximum absolute atomic E-state index is 12.6. The molecule has 1 aromatic carbocycles. The fourth-order valence-corrected chi connectivity index (χ4v) is 2.98. The Morgan fingerprint density at radius 1 is 1.22 bits per heavy atom. The number of non-ortho nitro benzene ring substituents is 1. The summed E-state index contributed by atoms with van der Waals surface area (Å²) in [6.07, 6.45) is 3.27. The molecule has 9 heteroatoms. The maximum atomic E-state index is 12.6. The number of nitro benzene ring substituents is 1. The molecule has 1 fully saturated rings. The summed E-state index contributed by atoms with van der Waals surface area (Å²) in [7, 11) is 1.21. The molecule has 2 heterocycles. The van der Waals surface area contributed by atoms with Crippen LogP contribution in [0.3, 0.4) is 0 Å². The van der Waals surface area contributed by atoms with Gasteiger partial charge in [-0.05, 0) is 25.0 Å². The molecule has 9 nitrogen and oxygen atoms in total. The van der Waals surface area contributed by atoms with Gasteiger partial charge in [0.15, 0.2) is 0 Å². The molecule has 1 aliphatic rings. The Morgan fingerprint density at radius 3 is 2.63 bits per heavy atom. The first kappa shape index (κ1) is 18.4. The second-order valence-electron chi connectivity index (χ2n) is 6.00. The number of anilines is 1. The van der Waals surface area contributed by atoms with Gasteiger partial charge in [0, 0.05) is 30.8 Å². The van der Waals surface area contributed by atoms with Gasteiger partial charge in [0.2, 0.25) is 5.76 Å².